The van der Waals surface area contributed by atoms with Gasteiger partial charge in [0.25, 0.3) is 0 Å². The summed E-state index contributed by atoms with van der Waals surface area (Å²) in [6, 6.07) is -0.334. The standard InChI is InChI=1S/C13H24N2O2/c1-6-7-10-11(16)15(8-9(2)3)13(4,5)12(17)14-10/h9-10H,6-8H2,1-5H3,(H,14,17). The van der Waals surface area contributed by atoms with Crippen LogP contribution in [0.4, 0.5) is 0 Å². The molecule has 0 aromatic heterocycles. The number of hydrogen-bond donors (Lipinski definition) is 1. The maximum absolute atomic E-state index is 12.3. The van der Waals surface area contributed by atoms with Crippen molar-refractivity contribution in [3.05, 3.63) is 0 Å². The number of nitrogens with one attached hydrogen (secondary N) is 1. The number of rotatable bonds is 4. The molecule has 1 atom stereocenters. The van der Waals surface area contributed by atoms with Gasteiger partial charge in [0.1, 0.15) is 11.6 Å². The van der Waals surface area contributed by atoms with Crippen LogP contribution in [0, 0.1) is 5.92 Å². The number of carbonyl (C=O) groups excluding carboxylic acids is 2. The Balaban J connectivity index is 2.93. The molecule has 1 saturated heterocycles. The van der Waals surface area contributed by atoms with E-state index in [0.717, 1.165) is 12.8 Å². The van der Waals surface area contributed by atoms with Gasteiger partial charge in [-0.25, -0.2) is 0 Å². The summed E-state index contributed by atoms with van der Waals surface area (Å²) in [7, 11) is 0. The second kappa shape index (κ2) is 5.07. The second-order valence-corrected chi connectivity index (χ2v) is 5.72. The van der Waals surface area contributed by atoms with Crippen LogP contribution < -0.4 is 5.32 Å². The van der Waals surface area contributed by atoms with Gasteiger partial charge in [-0.1, -0.05) is 27.2 Å². The van der Waals surface area contributed by atoms with Crippen LogP contribution in [0.15, 0.2) is 0 Å². The SMILES string of the molecule is CCCC1NC(=O)C(C)(C)N(CC(C)C)C1=O. The molecule has 0 saturated carbocycles. The van der Waals surface area contributed by atoms with Gasteiger partial charge >= 0.3 is 0 Å². The summed E-state index contributed by atoms with van der Waals surface area (Å²) in [5.74, 6) is 0.382. The van der Waals surface area contributed by atoms with Crippen LogP contribution in [0.2, 0.25) is 0 Å². The maximum Gasteiger partial charge on any atom is 0.246 e. The Labute approximate surface area is 104 Å². The Morgan fingerprint density at radius 2 is 1.94 bits per heavy atom. The first kappa shape index (κ1) is 14.0. The molecule has 4 nitrogen and oxygen atoms in total. The van der Waals surface area contributed by atoms with E-state index < -0.39 is 5.54 Å². The number of piperazine rings is 1. The van der Waals surface area contributed by atoms with Gasteiger partial charge in [-0.05, 0) is 26.2 Å². The molecule has 0 radical (unpaired) electrons. The Kier molecular flexibility index (Phi) is 4.17. The molecular formula is C13H24N2O2. The van der Waals surface area contributed by atoms with E-state index in [2.05, 4.69) is 19.2 Å². The number of nitrogens with zero attached hydrogens (tertiary/aromatic N) is 1. The summed E-state index contributed by atoms with van der Waals surface area (Å²) < 4.78 is 0. The molecule has 1 heterocycles. The largest absolute Gasteiger partial charge is 0.342 e. The van der Waals surface area contributed by atoms with Crippen molar-refractivity contribution in [2.75, 3.05) is 6.54 Å². The fourth-order valence-corrected chi connectivity index (χ4v) is 2.15. The zero-order valence-corrected chi connectivity index (χ0v) is 11.5. The van der Waals surface area contributed by atoms with E-state index in [1.165, 1.54) is 0 Å². The molecule has 2 amide bonds. The van der Waals surface area contributed by atoms with Gasteiger partial charge in [0.15, 0.2) is 0 Å². The summed E-state index contributed by atoms with van der Waals surface area (Å²) in [4.78, 5) is 26.1. The summed E-state index contributed by atoms with van der Waals surface area (Å²) in [5, 5.41) is 2.83. The Bertz CT molecular complexity index is 311. The van der Waals surface area contributed by atoms with E-state index in [9.17, 15) is 9.59 Å². The average Bonchev–Trinajstić information content (AvgIpc) is 2.22. The topological polar surface area (TPSA) is 49.4 Å². The average molecular weight is 240 g/mol. The van der Waals surface area contributed by atoms with Gasteiger partial charge < -0.3 is 10.2 Å². The smallest absolute Gasteiger partial charge is 0.246 e. The predicted octanol–water partition coefficient (Wildman–Crippen LogP) is 1.55. The Morgan fingerprint density at radius 3 is 2.41 bits per heavy atom. The summed E-state index contributed by atoms with van der Waals surface area (Å²) in [6.07, 6.45) is 1.61. The van der Waals surface area contributed by atoms with Crippen LogP contribution in [0.5, 0.6) is 0 Å². The van der Waals surface area contributed by atoms with Crippen molar-refractivity contribution in [1.29, 1.82) is 0 Å². The van der Waals surface area contributed by atoms with Crippen molar-refractivity contribution in [3.8, 4) is 0 Å². The molecule has 1 N–H and O–H groups in total. The summed E-state index contributed by atoms with van der Waals surface area (Å²) in [6.45, 7) is 10.4. The third-order valence-corrected chi connectivity index (χ3v) is 3.22. The van der Waals surface area contributed by atoms with Crippen molar-refractivity contribution in [2.45, 2.75) is 59.0 Å². The van der Waals surface area contributed by atoms with Crippen LogP contribution in [-0.4, -0.2) is 34.8 Å². The molecule has 17 heavy (non-hydrogen) atoms. The first-order valence-electron chi connectivity index (χ1n) is 6.43. The fraction of sp³-hybridized carbons (Fsp3) is 0.846. The van der Waals surface area contributed by atoms with Gasteiger partial charge in [0, 0.05) is 6.54 Å². The van der Waals surface area contributed by atoms with Crippen LogP contribution in [-0.2, 0) is 9.59 Å². The Morgan fingerprint density at radius 1 is 1.35 bits per heavy atom. The minimum atomic E-state index is -0.731. The molecule has 1 rings (SSSR count). The molecule has 0 aromatic rings. The molecule has 0 spiro atoms. The monoisotopic (exact) mass is 240 g/mol. The normalized spacial score (nSPS) is 24.1. The van der Waals surface area contributed by atoms with E-state index >= 15 is 0 Å². The fourth-order valence-electron chi connectivity index (χ4n) is 2.15. The molecule has 0 bridgehead atoms. The quantitative estimate of drug-likeness (QED) is 0.810. The van der Waals surface area contributed by atoms with Gasteiger partial charge in [-0.3, -0.25) is 9.59 Å². The van der Waals surface area contributed by atoms with Crippen molar-refractivity contribution >= 4 is 11.8 Å². The van der Waals surface area contributed by atoms with E-state index in [1.54, 1.807) is 4.90 Å². The molecule has 98 valence electrons. The van der Waals surface area contributed by atoms with Crippen LogP contribution in [0.25, 0.3) is 0 Å². The predicted molar refractivity (Wildman–Crippen MR) is 67.5 cm³/mol. The lowest BCUT2D eigenvalue weighted by Gasteiger charge is -2.45. The third kappa shape index (κ3) is 2.79. The van der Waals surface area contributed by atoms with E-state index in [-0.39, 0.29) is 17.9 Å². The molecule has 4 heteroatoms. The van der Waals surface area contributed by atoms with Crippen LogP contribution in [0.1, 0.15) is 47.5 Å². The molecule has 0 aromatic carbocycles. The minimum Gasteiger partial charge on any atom is -0.342 e. The number of amides is 2. The molecular weight excluding hydrogens is 216 g/mol. The highest BCUT2D eigenvalue weighted by molar-refractivity contribution is 5.99. The third-order valence-electron chi connectivity index (χ3n) is 3.22. The van der Waals surface area contributed by atoms with Crippen molar-refractivity contribution in [1.82, 2.24) is 10.2 Å². The van der Waals surface area contributed by atoms with Crippen molar-refractivity contribution in [3.63, 3.8) is 0 Å². The minimum absolute atomic E-state index is 0.0452. The van der Waals surface area contributed by atoms with E-state index in [1.807, 2.05) is 20.8 Å². The molecule has 1 aliphatic rings. The highest BCUT2D eigenvalue weighted by Gasteiger charge is 2.45. The first-order valence-corrected chi connectivity index (χ1v) is 6.43. The molecule has 0 aliphatic carbocycles. The number of carbonyl (C=O) groups is 2. The highest BCUT2D eigenvalue weighted by atomic mass is 16.2. The number of hydrogen-bond acceptors (Lipinski definition) is 2. The van der Waals surface area contributed by atoms with E-state index in [0.29, 0.717) is 12.5 Å². The van der Waals surface area contributed by atoms with Crippen molar-refractivity contribution < 1.29 is 9.59 Å². The summed E-state index contributed by atoms with van der Waals surface area (Å²) in [5.41, 5.74) is -0.731. The highest BCUT2D eigenvalue weighted by Crippen LogP contribution is 2.23. The maximum atomic E-state index is 12.3. The van der Waals surface area contributed by atoms with Crippen LogP contribution >= 0.6 is 0 Å². The second-order valence-electron chi connectivity index (χ2n) is 5.72. The lowest BCUT2D eigenvalue weighted by Crippen LogP contribution is -2.68. The molecule has 1 aliphatic heterocycles. The van der Waals surface area contributed by atoms with Gasteiger partial charge in [-0.15, -0.1) is 0 Å². The molecule has 1 unspecified atom stereocenters. The Hall–Kier alpha value is -1.06. The lowest BCUT2D eigenvalue weighted by atomic mass is 9.93. The molecule has 1 fully saturated rings. The summed E-state index contributed by atoms with van der Waals surface area (Å²) >= 11 is 0. The van der Waals surface area contributed by atoms with E-state index in [4.69, 9.17) is 0 Å². The van der Waals surface area contributed by atoms with Crippen molar-refractivity contribution in [2.24, 2.45) is 5.92 Å². The lowest BCUT2D eigenvalue weighted by molar-refractivity contribution is -0.156. The van der Waals surface area contributed by atoms with Crippen LogP contribution in [0.3, 0.4) is 0 Å². The van der Waals surface area contributed by atoms with Gasteiger partial charge in [-0.2, -0.15) is 0 Å². The van der Waals surface area contributed by atoms with Gasteiger partial charge in [0.05, 0.1) is 0 Å². The first-order chi connectivity index (χ1) is 7.80. The zero-order valence-electron chi connectivity index (χ0n) is 11.5. The van der Waals surface area contributed by atoms with Gasteiger partial charge in [0.2, 0.25) is 11.8 Å². The zero-order chi connectivity index (χ0) is 13.2.